The fourth-order valence-corrected chi connectivity index (χ4v) is 2.05. The molecule has 6 heteroatoms. The molecular weight excluding hydrogens is 272 g/mol. The van der Waals surface area contributed by atoms with Crippen molar-refractivity contribution in [2.45, 2.75) is 19.4 Å². The lowest BCUT2D eigenvalue weighted by atomic mass is 10.0. The minimum atomic E-state index is -1.30. The monoisotopic (exact) mass is 289 g/mol. The first-order valence-corrected chi connectivity index (χ1v) is 6.80. The number of hydrazone groups is 1. The van der Waals surface area contributed by atoms with Gasteiger partial charge in [0.05, 0.1) is 13.2 Å². The first kappa shape index (κ1) is 15.2. The lowest BCUT2D eigenvalue weighted by Gasteiger charge is -2.32. The molecule has 1 heterocycles. The van der Waals surface area contributed by atoms with Crippen molar-refractivity contribution in [2.75, 3.05) is 13.2 Å². The average Bonchev–Trinajstić information content (AvgIpc) is 2.49. The minimum Gasteiger partial charge on any atom is -0.550 e. The molecule has 1 saturated heterocycles. The van der Waals surface area contributed by atoms with E-state index in [0.29, 0.717) is 13.0 Å². The first-order chi connectivity index (χ1) is 10.1. The molecule has 6 nitrogen and oxygen atoms in total. The molecule has 1 aliphatic heterocycles. The number of ether oxygens (including phenoxy) is 1. The van der Waals surface area contributed by atoms with Crippen LogP contribution < -0.4 is 5.11 Å². The molecular formula is C15H17N2O4-. The number of carbonyl (C=O) groups excluding carboxylic acids is 2. The Bertz CT molecular complexity index is 530. The number of carboxylic acids is 1. The third kappa shape index (κ3) is 3.88. The molecule has 0 aromatic heterocycles. The smallest absolute Gasteiger partial charge is 0.272 e. The van der Waals surface area contributed by atoms with E-state index in [9.17, 15) is 14.7 Å². The second kappa shape index (κ2) is 6.99. The predicted octanol–water partition coefficient (Wildman–Crippen LogP) is -0.172. The van der Waals surface area contributed by atoms with E-state index in [-0.39, 0.29) is 6.61 Å². The van der Waals surface area contributed by atoms with Crippen LogP contribution in [0.5, 0.6) is 0 Å². The Hall–Kier alpha value is -2.21. The zero-order valence-electron chi connectivity index (χ0n) is 11.8. The highest BCUT2D eigenvalue weighted by Gasteiger charge is 2.34. The number of nitrogens with zero attached hydrogens (tertiary/aromatic N) is 2. The molecule has 1 unspecified atom stereocenters. The molecule has 1 amide bonds. The van der Waals surface area contributed by atoms with Crippen molar-refractivity contribution in [3.63, 3.8) is 0 Å². The molecule has 21 heavy (non-hydrogen) atoms. The van der Waals surface area contributed by atoms with Crippen LogP contribution >= 0.6 is 0 Å². The Labute approximate surface area is 123 Å². The highest BCUT2D eigenvalue weighted by molar-refractivity contribution is 5.86. The maximum atomic E-state index is 12.1. The molecule has 2 rings (SSSR count). The van der Waals surface area contributed by atoms with Crippen molar-refractivity contribution in [1.29, 1.82) is 0 Å². The Balaban J connectivity index is 1.96. The number of hydrogen-bond acceptors (Lipinski definition) is 5. The van der Waals surface area contributed by atoms with Crippen LogP contribution in [-0.2, 0) is 20.7 Å². The molecule has 2 atom stereocenters. The number of morpholine rings is 1. The van der Waals surface area contributed by atoms with E-state index in [4.69, 9.17) is 4.74 Å². The van der Waals surface area contributed by atoms with Gasteiger partial charge >= 0.3 is 0 Å². The van der Waals surface area contributed by atoms with Crippen molar-refractivity contribution >= 4 is 18.1 Å². The van der Waals surface area contributed by atoms with E-state index in [1.54, 1.807) is 6.21 Å². The number of carboxylic acid groups (broad SMARTS) is 1. The van der Waals surface area contributed by atoms with Crippen LogP contribution in [0.15, 0.2) is 35.4 Å². The van der Waals surface area contributed by atoms with E-state index in [1.165, 1.54) is 11.9 Å². The molecule has 1 aliphatic rings. The Morgan fingerprint density at radius 3 is 2.90 bits per heavy atom. The number of hydrogen-bond donors (Lipinski definition) is 0. The molecule has 0 N–H and O–H groups in total. The van der Waals surface area contributed by atoms with Gasteiger partial charge in [0.1, 0.15) is 6.10 Å². The van der Waals surface area contributed by atoms with E-state index in [1.807, 2.05) is 30.3 Å². The van der Waals surface area contributed by atoms with Gasteiger partial charge in [-0.1, -0.05) is 37.3 Å². The summed E-state index contributed by atoms with van der Waals surface area (Å²) >= 11 is 0. The maximum absolute atomic E-state index is 12.1. The number of amides is 1. The normalized spacial score (nSPS) is 20.7. The Morgan fingerprint density at radius 2 is 2.24 bits per heavy atom. The van der Waals surface area contributed by atoms with Crippen molar-refractivity contribution < 1.29 is 19.4 Å². The zero-order valence-corrected chi connectivity index (χ0v) is 11.8. The molecule has 0 spiro atoms. The van der Waals surface area contributed by atoms with Gasteiger partial charge in [0.2, 0.25) is 0 Å². The van der Waals surface area contributed by atoms with Crippen LogP contribution in [0.1, 0.15) is 12.5 Å². The van der Waals surface area contributed by atoms with Crippen molar-refractivity contribution in [2.24, 2.45) is 11.0 Å². The third-order valence-electron chi connectivity index (χ3n) is 3.32. The summed E-state index contributed by atoms with van der Waals surface area (Å²) in [5.74, 6) is -2.74. The van der Waals surface area contributed by atoms with Crippen LogP contribution in [0.2, 0.25) is 0 Å². The van der Waals surface area contributed by atoms with Gasteiger partial charge in [-0.2, -0.15) is 5.10 Å². The quantitative estimate of drug-likeness (QED) is 0.705. The van der Waals surface area contributed by atoms with Gasteiger partial charge < -0.3 is 14.6 Å². The summed E-state index contributed by atoms with van der Waals surface area (Å²) in [6, 6.07) is 9.72. The summed E-state index contributed by atoms with van der Waals surface area (Å²) in [4.78, 5) is 23.0. The second-order valence-electron chi connectivity index (χ2n) is 4.85. The average molecular weight is 289 g/mol. The van der Waals surface area contributed by atoms with Gasteiger partial charge in [-0.3, -0.25) is 4.79 Å². The van der Waals surface area contributed by atoms with E-state index in [2.05, 4.69) is 5.10 Å². The van der Waals surface area contributed by atoms with Crippen LogP contribution in [0.25, 0.3) is 0 Å². The number of aliphatic carboxylic acids is 1. The largest absolute Gasteiger partial charge is 0.550 e. The van der Waals surface area contributed by atoms with Crippen LogP contribution in [-0.4, -0.2) is 42.4 Å². The predicted molar refractivity (Wildman–Crippen MR) is 74.3 cm³/mol. The Kier molecular flexibility index (Phi) is 5.05. The summed E-state index contributed by atoms with van der Waals surface area (Å²) in [6.07, 6.45) is 1.21. The maximum Gasteiger partial charge on any atom is 0.272 e. The van der Waals surface area contributed by atoms with Gasteiger partial charge in [0, 0.05) is 24.5 Å². The molecule has 1 aromatic rings. The molecule has 0 radical (unpaired) electrons. The second-order valence-corrected chi connectivity index (χ2v) is 4.85. The van der Waals surface area contributed by atoms with Crippen molar-refractivity contribution in [1.82, 2.24) is 5.01 Å². The van der Waals surface area contributed by atoms with Crippen LogP contribution in [0.3, 0.4) is 0 Å². The number of carbonyl (C=O) groups is 2. The zero-order chi connectivity index (χ0) is 15.2. The Morgan fingerprint density at radius 1 is 1.52 bits per heavy atom. The summed E-state index contributed by atoms with van der Waals surface area (Å²) < 4.78 is 5.22. The molecule has 1 fully saturated rings. The highest BCUT2D eigenvalue weighted by atomic mass is 16.5. The van der Waals surface area contributed by atoms with Gasteiger partial charge in [0.25, 0.3) is 5.91 Å². The van der Waals surface area contributed by atoms with Gasteiger partial charge in [0.15, 0.2) is 0 Å². The fraction of sp³-hybridized carbons (Fsp3) is 0.400. The summed E-state index contributed by atoms with van der Waals surface area (Å²) in [6.45, 7) is 1.98. The fourth-order valence-electron chi connectivity index (χ4n) is 2.05. The topological polar surface area (TPSA) is 82.0 Å². The van der Waals surface area contributed by atoms with Crippen LogP contribution in [0, 0.1) is 5.92 Å². The minimum absolute atomic E-state index is 0.261. The molecule has 0 saturated carbocycles. The molecule has 112 valence electrons. The lowest BCUT2D eigenvalue weighted by Crippen LogP contribution is -2.51. The third-order valence-corrected chi connectivity index (χ3v) is 3.32. The molecule has 0 aliphatic carbocycles. The molecule has 0 bridgehead atoms. The summed E-state index contributed by atoms with van der Waals surface area (Å²) in [7, 11) is 0. The molecule has 1 aromatic carbocycles. The van der Waals surface area contributed by atoms with E-state index < -0.39 is 23.9 Å². The van der Waals surface area contributed by atoms with E-state index >= 15 is 0 Å². The lowest BCUT2D eigenvalue weighted by molar-refractivity contribution is -0.314. The van der Waals surface area contributed by atoms with Crippen molar-refractivity contribution in [3.8, 4) is 0 Å². The standard InChI is InChI=1S/C15H18N2O4/c1-11(15(19)20)13-14(18)17(9-10-21-13)16-8-7-12-5-3-2-4-6-12/h2-6,8,11,13H,7,9-10H2,1H3,(H,19,20)/p-1/t11?,13-/m1/s1. The van der Waals surface area contributed by atoms with E-state index in [0.717, 1.165) is 5.56 Å². The summed E-state index contributed by atoms with van der Waals surface area (Å²) in [5, 5.41) is 16.2. The van der Waals surface area contributed by atoms with Gasteiger partial charge in [-0.15, -0.1) is 0 Å². The number of benzene rings is 1. The van der Waals surface area contributed by atoms with Gasteiger partial charge in [-0.05, 0) is 5.56 Å². The van der Waals surface area contributed by atoms with Crippen molar-refractivity contribution in [3.05, 3.63) is 35.9 Å². The highest BCUT2D eigenvalue weighted by Crippen LogP contribution is 2.15. The first-order valence-electron chi connectivity index (χ1n) is 6.80. The van der Waals surface area contributed by atoms with Crippen LogP contribution in [0.4, 0.5) is 0 Å². The van der Waals surface area contributed by atoms with Gasteiger partial charge in [-0.25, -0.2) is 5.01 Å². The number of rotatable bonds is 5. The SMILES string of the molecule is CC(C(=O)[O-])[C@H]1OCCN(N=CCc2ccccc2)C1=O. The summed E-state index contributed by atoms with van der Waals surface area (Å²) in [5.41, 5.74) is 1.08.